The van der Waals surface area contributed by atoms with Gasteiger partial charge < -0.3 is 4.74 Å². The number of ether oxygens (including phenoxy) is 1. The van der Waals surface area contributed by atoms with E-state index in [9.17, 15) is 4.79 Å². The van der Waals surface area contributed by atoms with Gasteiger partial charge in [-0.1, -0.05) is 0 Å². The van der Waals surface area contributed by atoms with Gasteiger partial charge in [0.25, 0.3) is 0 Å². The van der Waals surface area contributed by atoms with Gasteiger partial charge in [-0.3, -0.25) is 4.79 Å². The molecular formula is C12H18O2. The lowest BCUT2D eigenvalue weighted by molar-refractivity contribution is -0.119. The van der Waals surface area contributed by atoms with Crippen LogP contribution >= 0.6 is 0 Å². The molecule has 1 aliphatic heterocycles. The van der Waals surface area contributed by atoms with Crippen molar-refractivity contribution in [2.75, 3.05) is 6.61 Å². The van der Waals surface area contributed by atoms with E-state index < -0.39 is 0 Å². The zero-order chi connectivity index (χ0) is 10.2. The molecular weight excluding hydrogens is 176 g/mol. The quantitative estimate of drug-likeness (QED) is 0.479. The van der Waals surface area contributed by atoms with Gasteiger partial charge in [0, 0.05) is 25.9 Å². The highest BCUT2D eigenvalue weighted by molar-refractivity contribution is 5.78. The molecule has 0 N–H and O–H groups in total. The molecule has 0 aromatic heterocycles. The molecule has 0 amide bonds. The number of terminal acetylenes is 1. The van der Waals surface area contributed by atoms with E-state index in [1.807, 2.05) is 0 Å². The van der Waals surface area contributed by atoms with Gasteiger partial charge in [-0.15, -0.1) is 12.3 Å². The average Bonchev–Trinajstić information content (AvgIpc) is 2.68. The van der Waals surface area contributed by atoms with Crippen LogP contribution in [0.5, 0.6) is 0 Å². The first kappa shape index (κ1) is 11.3. The first-order chi connectivity index (χ1) is 6.83. The number of hydrogen-bond donors (Lipinski definition) is 0. The van der Waals surface area contributed by atoms with Gasteiger partial charge in [0.15, 0.2) is 0 Å². The Balaban J connectivity index is 2.00. The summed E-state index contributed by atoms with van der Waals surface area (Å²) in [5, 5.41) is 0. The summed E-state index contributed by atoms with van der Waals surface area (Å²) in [6, 6.07) is 0. The lowest BCUT2D eigenvalue weighted by atomic mass is 10.1. The van der Waals surface area contributed by atoms with E-state index in [2.05, 4.69) is 5.92 Å². The average molecular weight is 194 g/mol. The van der Waals surface area contributed by atoms with E-state index in [1.54, 1.807) is 0 Å². The summed E-state index contributed by atoms with van der Waals surface area (Å²) >= 11 is 0. The monoisotopic (exact) mass is 194 g/mol. The maximum atomic E-state index is 11.4. The molecule has 1 aliphatic rings. The first-order valence-corrected chi connectivity index (χ1v) is 5.39. The van der Waals surface area contributed by atoms with Gasteiger partial charge in [-0.05, 0) is 25.7 Å². The molecule has 78 valence electrons. The van der Waals surface area contributed by atoms with Gasteiger partial charge in [0.2, 0.25) is 0 Å². The van der Waals surface area contributed by atoms with Crippen LogP contribution in [0.15, 0.2) is 0 Å². The minimum absolute atomic E-state index is 0.329. The van der Waals surface area contributed by atoms with Crippen molar-refractivity contribution in [1.29, 1.82) is 0 Å². The van der Waals surface area contributed by atoms with Crippen LogP contribution in [0.3, 0.4) is 0 Å². The Hall–Kier alpha value is -0.810. The topological polar surface area (TPSA) is 26.3 Å². The van der Waals surface area contributed by atoms with Crippen LogP contribution in [-0.2, 0) is 9.53 Å². The molecule has 1 saturated heterocycles. The molecule has 0 bridgehead atoms. The number of ketones is 1. The van der Waals surface area contributed by atoms with Crippen molar-refractivity contribution >= 4 is 5.78 Å². The Bertz CT molecular complexity index is 209. The maximum Gasteiger partial charge on any atom is 0.133 e. The molecule has 1 rings (SSSR count). The van der Waals surface area contributed by atoms with Gasteiger partial charge in [0.1, 0.15) is 5.78 Å². The molecule has 0 spiro atoms. The van der Waals surface area contributed by atoms with Crippen molar-refractivity contribution in [1.82, 2.24) is 0 Å². The van der Waals surface area contributed by atoms with Crippen molar-refractivity contribution < 1.29 is 9.53 Å². The Kier molecular flexibility index (Phi) is 5.32. The summed E-state index contributed by atoms with van der Waals surface area (Å²) in [5.41, 5.74) is 0. The zero-order valence-electron chi connectivity index (χ0n) is 8.63. The fourth-order valence-corrected chi connectivity index (χ4v) is 1.71. The van der Waals surface area contributed by atoms with E-state index in [-0.39, 0.29) is 0 Å². The van der Waals surface area contributed by atoms with E-state index in [4.69, 9.17) is 11.2 Å². The van der Waals surface area contributed by atoms with E-state index in [0.29, 0.717) is 31.1 Å². The molecule has 0 aliphatic carbocycles. The van der Waals surface area contributed by atoms with E-state index >= 15 is 0 Å². The van der Waals surface area contributed by atoms with Crippen molar-refractivity contribution in [3.05, 3.63) is 0 Å². The molecule has 14 heavy (non-hydrogen) atoms. The van der Waals surface area contributed by atoms with Gasteiger partial charge in [-0.25, -0.2) is 0 Å². The van der Waals surface area contributed by atoms with Gasteiger partial charge in [0.05, 0.1) is 6.10 Å². The minimum atomic E-state index is 0.329. The smallest absolute Gasteiger partial charge is 0.133 e. The lowest BCUT2D eigenvalue weighted by Crippen LogP contribution is -2.08. The summed E-state index contributed by atoms with van der Waals surface area (Å²) in [4.78, 5) is 11.4. The lowest BCUT2D eigenvalue weighted by Gasteiger charge is -2.07. The molecule has 0 aromatic carbocycles. The third-order valence-electron chi connectivity index (χ3n) is 2.55. The zero-order valence-corrected chi connectivity index (χ0v) is 8.63. The van der Waals surface area contributed by atoms with Crippen LogP contribution in [0.4, 0.5) is 0 Å². The Morgan fingerprint density at radius 1 is 1.50 bits per heavy atom. The van der Waals surface area contributed by atoms with Crippen LogP contribution in [0.2, 0.25) is 0 Å². The SMILES string of the molecule is C#CCCCC(=O)CCC1CCCO1. The summed E-state index contributed by atoms with van der Waals surface area (Å²) in [7, 11) is 0. The molecule has 1 fully saturated rings. The molecule has 0 aromatic rings. The van der Waals surface area contributed by atoms with Crippen molar-refractivity contribution in [2.45, 2.75) is 51.0 Å². The number of carbonyl (C=O) groups excluding carboxylic acids is 1. The van der Waals surface area contributed by atoms with Crippen molar-refractivity contribution in [3.63, 3.8) is 0 Å². The van der Waals surface area contributed by atoms with Crippen LogP contribution in [0.1, 0.15) is 44.9 Å². The second-order valence-corrected chi connectivity index (χ2v) is 3.77. The first-order valence-electron chi connectivity index (χ1n) is 5.39. The Labute approximate surface area is 86.0 Å². The maximum absolute atomic E-state index is 11.4. The normalized spacial score (nSPS) is 20.6. The molecule has 2 nitrogen and oxygen atoms in total. The largest absolute Gasteiger partial charge is 0.378 e. The standard InChI is InChI=1S/C12H18O2/c1-2-3-4-6-11(13)8-9-12-7-5-10-14-12/h1,12H,3-10H2. The van der Waals surface area contributed by atoms with Gasteiger partial charge in [-0.2, -0.15) is 0 Å². The van der Waals surface area contributed by atoms with Crippen LogP contribution in [0.25, 0.3) is 0 Å². The van der Waals surface area contributed by atoms with Crippen molar-refractivity contribution in [3.8, 4) is 12.3 Å². The third-order valence-corrected chi connectivity index (χ3v) is 2.55. The second-order valence-electron chi connectivity index (χ2n) is 3.77. The minimum Gasteiger partial charge on any atom is -0.378 e. The second kappa shape index (κ2) is 6.62. The van der Waals surface area contributed by atoms with Crippen LogP contribution in [0, 0.1) is 12.3 Å². The molecule has 0 saturated carbocycles. The van der Waals surface area contributed by atoms with Crippen LogP contribution < -0.4 is 0 Å². The van der Waals surface area contributed by atoms with E-state index in [0.717, 1.165) is 32.3 Å². The predicted molar refractivity (Wildman–Crippen MR) is 55.9 cm³/mol. The van der Waals surface area contributed by atoms with Crippen LogP contribution in [-0.4, -0.2) is 18.5 Å². The highest BCUT2D eigenvalue weighted by atomic mass is 16.5. The number of Topliss-reactive ketones (excluding diaryl/α,β-unsaturated/α-hetero) is 1. The fourth-order valence-electron chi connectivity index (χ4n) is 1.71. The molecule has 0 radical (unpaired) electrons. The highest BCUT2D eigenvalue weighted by Crippen LogP contribution is 2.17. The summed E-state index contributed by atoms with van der Waals surface area (Å²) in [6.45, 7) is 0.871. The molecule has 2 heteroatoms. The fraction of sp³-hybridized carbons (Fsp3) is 0.750. The Morgan fingerprint density at radius 2 is 2.36 bits per heavy atom. The molecule has 1 unspecified atom stereocenters. The molecule has 1 heterocycles. The number of carbonyl (C=O) groups is 1. The number of unbranched alkanes of at least 4 members (excludes halogenated alkanes) is 1. The third kappa shape index (κ3) is 4.43. The predicted octanol–water partition coefficient (Wildman–Crippen LogP) is 2.32. The summed E-state index contributed by atoms with van der Waals surface area (Å²) in [6.07, 6.45) is 11.5. The van der Waals surface area contributed by atoms with E-state index in [1.165, 1.54) is 0 Å². The van der Waals surface area contributed by atoms with Crippen molar-refractivity contribution in [2.24, 2.45) is 0 Å². The number of hydrogen-bond acceptors (Lipinski definition) is 2. The summed E-state index contributed by atoms with van der Waals surface area (Å²) < 4.78 is 5.44. The summed E-state index contributed by atoms with van der Waals surface area (Å²) in [5.74, 6) is 2.87. The molecule has 1 atom stereocenters. The number of rotatable bonds is 6. The van der Waals surface area contributed by atoms with Gasteiger partial charge >= 0.3 is 0 Å². The highest BCUT2D eigenvalue weighted by Gasteiger charge is 2.16. The Morgan fingerprint density at radius 3 is 3.00 bits per heavy atom.